The standard InChI is InChI=1S/C14H19Cl2N3/c1-14(2,3)19-13(17)18-12-7-9(12)8-4-5-10(15)11(16)6-8/h4-6,9,12H,7H2,1-3H3,(H3,17,18,19)/t9-,12+/m0/s1. The van der Waals surface area contributed by atoms with Gasteiger partial charge >= 0.3 is 0 Å². The Bertz CT molecular complexity index is 506. The maximum atomic E-state index is 6.02. The van der Waals surface area contributed by atoms with Crippen molar-refractivity contribution in [3.63, 3.8) is 0 Å². The molecule has 19 heavy (non-hydrogen) atoms. The molecule has 0 radical (unpaired) electrons. The molecule has 1 aliphatic rings. The molecule has 0 saturated heterocycles. The predicted molar refractivity (Wildman–Crippen MR) is 82.1 cm³/mol. The van der Waals surface area contributed by atoms with Crippen LogP contribution in [-0.4, -0.2) is 17.5 Å². The molecule has 1 saturated carbocycles. The molecule has 0 heterocycles. The Kier molecular flexibility index (Phi) is 3.98. The van der Waals surface area contributed by atoms with E-state index in [0.29, 0.717) is 21.9 Å². The molecule has 0 bridgehead atoms. The van der Waals surface area contributed by atoms with Gasteiger partial charge in [0.1, 0.15) is 0 Å². The first kappa shape index (κ1) is 14.5. The van der Waals surface area contributed by atoms with Crippen LogP contribution in [0.3, 0.4) is 0 Å². The van der Waals surface area contributed by atoms with Crippen molar-refractivity contribution in [1.29, 1.82) is 0 Å². The second-order valence-electron chi connectivity index (χ2n) is 5.97. The molecule has 0 spiro atoms. The Morgan fingerprint density at radius 1 is 1.32 bits per heavy atom. The van der Waals surface area contributed by atoms with Crippen molar-refractivity contribution in [3.8, 4) is 0 Å². The van der Waals surface area contributed by atoms with Crippen LogP contribution in [0, 0.1) is 0 Å². The second kappa shape index (κ2) is 5.22. The summed E-state index contributed by atoms with van der Waals surface area (Å²) in [5, 5.41) is 4.34. The number of benzene rings is 1. The van der Waals surface area contributed by atoms with Crippen molar-refractivity contribution in [2.45, 2.75) is 44.7 Å². The summed E-state index contributed by atoms with van der Waals surface area (Å²) in [5.74, 6) is 0.898. The summed E-state index contributed by atoms with van der Waals surface area (Å²) in [6.07, 6.45) is 1.00. The van der Waals surface area contributed by atoms with Crippen LogP contribution in [0.5, 0.6) is 0 Å². The van der Waals surface area contributed by atoms with Gasteiger partial charge in [-0.15, -0.1) is 0 Å². The van der Waals surface area contributed by atoms with E-state index in [9.17, 15) is 0 Å². The van der Waals surface area contributed by atoms with Crippen LogP contribution in [0.2, 0.25) is 10.0 Å². The molecule has 1 aromatic rings. The molecule has 1 aromatic carbocycles. The van der Waals surface area contributed by atoms with E-state index in [1.807, 2.05) is 18.2 Å². The van der Waals surface area contributed by atoms with Crippen molar-refractivity contribution in [1.82, 2.24) is 5.32 Å². The zero-order valence-corrected chi connectivity index (χ0v) is 12.9. The van der Waals surface area contributed by atoms with Gasteiger partial charge in [-0.3, -0.25) is 0 Å². The van der Waals surface area contributed by atoms with Gasteiger partial charge in [-0.1, -0.05) is 29.3 Å². The summed E-state index contributed by atoms with van der Waals surface area (Å²) in [6, 6.07) is 5.99. The second-order valence-corrected chi connectivity index (χ2v) is 6.79. The van der Waals surface area contributed by atoms with E-state index in [4.69, 9.17) is 28.9 Å². The third-order valence-corrected chi connectivity index (χ3v) is 3.68. The van der Waals surface area contributed by atoms with Gasteiger partial charge in [0.25, 0.3) is 0 Å². The van der Waals surface area contributed by atoms with Crippen molar-refractivity contribution < 1.29 is 0 Å². The lowest BCUT2D eigenvalue weighted by atomic mass is 10.1. The third-order valence-electron chi connectivity index (χ3n) is 2.94. The Labute approximate surface area is 124 Å². The lowest BCUT2D eigenvalue weighted by Crippen LogP contribution is -2.45. The Hall–Kier alpha value is -0.930. The number of nitrogens with one attached hydrogen (secondary N) is 1. The molecule has 2 atom stereocenters. The molecule has 0 aliphatic heterocycles. The fourth-order valence-electron chi connectivity index (χ4n) is 2.02. The molecule has 5 heteroatoms. The van der Waals surface area contributed by atoms with Crippen LogP contribution in [0.1, 0.15) is 38.7 Å². The highest BCUT2D eigenvalue weighted by Gasteiger charge is 2.38. The Balaban J connectivity index is 2.01. The lowest BCUT2D eigenvalue weighted by Gasteiger charge is -2.21. The number of guanidine groups is 1. The van der Waals surface area contributed by atoms with Gasteiger partial charge < -0.3 is 11.1 Å². The highest BCUT2D eigenvalue weighted by molar-refractivity contribution is 6.42. The van der Waals surface area contributed by atoms with E-state index in [-0.39, 0.29) is 11.6 Å². The maximum Gasteiger partial charge on any atom is 0.189 e. The molecule has 104 valence electrons. The number of halogens is 2. The number of rotatable bonds is 2. The lowest BCUT2D eigenvalue weighted by molar-refractivity contribution is 0.508. The minimum Gasteiger partial charge on any atom is -0.370 e. The number of hydrogen-bond acceptors (Lipinski definition) is 1. The highest BCUT2D eigenvalue weighted by atomic mass is 35.5. The fourth-order valence-corrected chi connectivity index (χ4v) is 2.33. The number of nitrogens with zero attached hydrogens (tertiary/aromatic N) is 1. The Morgan fingerprint density at radius 3 is 2.58 bits per heavy atom. The average Bonchev–Trinajstić information content (AvgIpc) is 2.98. The van der Waals surface area contributed by atoms with E-state index < -0.39 is 0 Å². The summed E-state index contributed by atoms with van der Waals surface area (Å²) in [6.45, 7) is 6.16. The van der Waals surface area contributed by atoms with Crippen molar-refractivity contribution >= 4 is 29.2 Å². The molecule has 0 amide bonds. The van der Waals surface area contributed by atoms with Crippen LogP contribution in [0.15, 0.2) is 23.2 Å². The third kappa shape index (κ3) is 4.02. The van der Waals surface area contributed by atoms with Crippen LogP contribution in [0.4, 0.5) is 0 Å². The predicted octanol–water partition coefficient (Wildman–Crippen LogP) is 3.55. The molecule has 0 aromatic heterocycles. The van der Waals surface area contributed by atoms with Gasteiger partial charge in [0.2, 0.25) is 0 Å². The topological polar surface area (TPSA) is 50.4 Å². The number of aliphatic imine (C=N–C) groups is 1. The number of nitrogens with two attached hydrogens (primary N) is 1. The summed E-state index contributed by atoms with van der Waals surface area (Å²) in [7, 11) is 0. The number of hydrogen-bond donors (Lipinski definition) is 2. The van der Waals surface area contributed by atoms with Gasteiger partial charge in [-0.05, 0) is 44.9 Å². The molecular weight excluding hydrogens is 281 g/mol. The first-order valence-corrected chi connectivity index (χ1v) is 7.08. The normalized spacial score (nSPS) is 23.3. The van der Waals surface area contributed by atoms with Crippen LogP contribution >= 0.6 is 23.2 Å². The van der Waals surface area contributed by atoms with E-state index >= 15 is 0 Å². The van der Waals surface area contributed by atoms with Crippen LogP contribution in [0.25, 0.3) is 0 Å². The molecule has 3 N–H and O–H groups in total. The first-order chi connectivity index (χ1) is 8.76. The van der Waals surface area contributed by atoms with Crippen molar-refractivity contribution in [2.24, 2.45) is 10.7 Å². The fraction of sp³-hybridized carbons (Fsp3) is 0.500. The molecule has 2 rings (SSSR count). The summed E-state index contributed by atoms with van der Waals surface area (Å²) < 4.78 is 0. The molecule has 1 aliphatic carbocycles. The first-order valence-electron chi connectivity index (χ1n) is 6.32. The average molecular weight is 300 g/mol. The zero-order chi connectivity index (χ0) is 14.2. The summed E-state index contributed by atoms with van der Waals surface area (Å²) in [4.78, 5) is 4.49. The maximum absolute atomic E-state index is 6.02. The van der Waals surface area contributed by atoms with Crippen molar-refractivity contribution in [3.05, 3.63) is 33.8 Å². The monoisotopic (exact) mass is 299 g/mol. The zero-order valence-electron chi connectivity index (χ0n) is 11.4. The molecule has 0 unspecified atom stereocenters. The molecular formula is C14H19Cl2N3. The van der Waals surface area contributed by atoms with E-state index in [1.165, 1.54) is 5.56 Å². The van der Waals surface area contributed by atoms with Crippen LogP contribution < -0.4 is 11.1 Å². The molecule has 1 fully saturated rings. The van der Waals surface area contributed by atoms with Gasteiger partial charge in [-0.25, -0.2) is 4.99 Å². The smallest absolute Gasteiger partial charge is 0.189 e. The van der Waals surface area contributed by atoms with Gasteiger partial charge in [-0.2, -0.15) is 0 Å². The van der Waals surface area contributed by atoms with Gasteiger partial charge in [0.05, 0.1) is 16.1 Å². The largest absolute Gasteiger partial charge is 0.370 e. The minimum absolute atomic E-state index is 0.0679. The highest BCUT2D eigenvalue weighted by Crippen LogP contribution is 2.44. The van der Waals surface area contributed by atoms with Gasteiger partial charge in [0.15, 0.2) is 5.96 Å². The van der Waals surface area contributed by atoms with Gasteiger partial charge in [0, 0.05) is 11.5 Å². The SMILES string of the molecule is CC(C)(C)NC(N)=N[C@@H]1C[C@H]1c1ccc(Cl)c(Cl)c1. The Morgan fingerprint density at radius 2 is 2.00 bits per heavy atom. The van der Waals surface area contributed by atoms with Crippen LogP contribution in [-0.2, 0) is 0 Å². The molecule has 3 nitrogen and oxygen atoms in total. The van der Waals surface area contributed by atoms with E-state index in [2.05, 4.69) is 31.1 Å². The quantitative estimate of drug-likeness (QED) is 0.648. The summed E-state index contributed by atoms with van der Waals surface area (Å²) in [5.41, 5.74) is 6.99. The van der Waals surface area contributed by atoms with E-state index in [0.717, 1.165) is 6.42 Å². The minimum atomic E-state index is -0.0679. The summed E-state index contributed by atoms with van der Waals surface area (Å²) >= 11 is 11.9. The van der Waals surface area contributed by atoms with Crippen molar-refractivity contribution in [2.75, 3.05) is 0 Å². The van der Waals surface area contributed by atoms with E-state index in [1.54, 1.807) is 0 Å².